The van der Waals surface area contributed by atoms with E-state index in [1.165, 1.54) is 24.3 Å². The molecule has 0 radical (unpaired) electrons. The molecule has 5 rings (SSSR count). The van der Waals surface area contributed by atoms with E-state index in [-0.39, 0.29) is 138 Å². The Bertz CT molecular complexity index is 2760. The van der Waals surface area contributed by atoms with Crippen LogP contribution in [0.4, 0.5) is 0 Å². The predicted octanol–water partition coefficient (Wildman–Crippen LogP) is 9.86. The molecule has 0 aromatic heterocycles. The molecule has 0 amide bonds. The van der Waals surface area contributed by atoms with E-state index < -0.39 is 133 Å². The summed E-state index contributed by atoms with van der Waals surface area (Å²) in [6.07, 6.45) is 2.16. The molecule has 1 aliphatic carbocycles. The molecule has 0 aliphatic heterocycles. The third-order valence-corrected chi connectivity index (χ3v) is 21.8. The molecule has 80 heavy (non-hydrogen) atoms. The van der Waals surface area contributed by atoms with Crippen molar-refractivity contribution in [1.29, 1.82) is 0 Å². The first-order valence-electron chi connectivity index (χ1n) is 25.8. The summed E-state index contributed by atoms with van der Waals surface area (Å²) in [6, 6.07) is 6.12. The van der Waals surface area contributed by atoms with E-state index in [2.05, 4.69) is 0 Å². The fourth-order valence-electron chi connectivity index (χ4n) is 10.2. The zero-order valence-corrected chi connectivity index (χ0v) is 51.2. The van der Waals surface area contributed by atoms with Crippen LogP contribution >= 0.6 is 47.0 Å². The average Bonchev–Trinajstić information content (AvgIpc) is 3.35. The maximum atomic E-state index is 12.6. The lowest BCUT2D eigenvalue weighted by atomic mass is 9.75. The molecule has 12 N–H and O–H groups in total. The lowest BCUT2D eigenvalue weighted by molar-refractivity contribution is 0.413. The minimum Gasteiger partial charge on any atom is -0.507 e. The number of fused-ring (bicyclic) bond motifs is 8. The van der Waals surface area contributed by atoms with Gasteiger partial charge in [0.15, 0.2) is 0 Å². The molecule has 1 aliphatic rings. The number of phenols is 8. The SMILES string of the molecule is CCCC1c2cc(c(O)c(CSCCS(=O)(=O)O)c2O)C(CCC)c2cc(c(O)c(CSCCS(=O)(=O)O)c2O)C(CCC)c2cc(c(O)c(CSCCS(=O)(=O)O)c2O)C(CCC)c2cc1c(O)c(CSCCS(=O)(=O)O)c2O. The highest BCUT2D eigenvalue weighted by atomic mass is 32.2. The van der Waals surface area contributed by atoms with Crippen molar-refractivity contribution in [2.45, 2.75) is 126 Å². The summed E-state index contributed by atoms with van der Waals surface area (Å²) in [5.41, 5.74) is 0.699. The zero-order chi connectivity index (χ0) is 59.7. The highest BCUT2D eigenvalue weighted by molar-refractivity contribution is 8.00. The number of phenolic OH excluding ortho intramolecular Hbond substituents is 8. The minimum absolute atomic E-state index is 0.0836. The Hall–Kier alpha value is -3.68. The fraction of sp³-hybridized carbons (Fsp3) is 0.538. The Balaban J connectivity index is 2.07. The summed E-state index contributed by atoms with van der Waals surface area (Å²) >= 11 is 3.84. The lowest BCUT2D eigenvalue weighted by Crippen LogP contribution is -2.14. The number of hydrogen-bond donors (Lipinski definition) is 12. The maximum Gasteiger partial charge on any atom is 0.265 e. The molecular formula is C52H72O20S8. The van der Waals surface area contributed by atoms with Crippen molar-refractivity contribution in [3.8, 4) is 46.0 Å². The number of benzene rings is 4. The van der Waals surface area contributed by atoms with Crippen LogP contribution in [0, 0.1) is 0 Å². The molecular weight excluding hydrogens is 1200 g/mol. The highest BCUT2D eigenvalue weighted by Crippen LogP contribution is 2.56. The molecule has 28 heteroatoms. The molecule has 0 spiro atoms. The first kappa shape index (κ1) is 67.1. The normalized spacial score (nSPS) is 17.0. The lowest BCUT2D eigenvalue weighted by Gasteiger charge is -2.31. The summed E-state index contributed by atoms with van der Waals surface area (Å²) in [6.45, 7) is 7.32. The van der Waals surface area contributed by atoms with Crippen molar-refractivity contribution in [1.82, 2.24) is 0 Å². The van der Waals surface area contributed by atoms with Gasteiger partial charge in [0.05, 0.1) is 23.0 Å². The molecule has 4 aromatic rings. The van der Waals surface area contributed by atoms with E-state index in [1.54, 1.807) is 0 Å². The van der Waals surface area contributed by atoms with E-state index >= 15 is 0 Å². The first-order valence-corrected chi connectivity index (χ1v) is 36.9. The smallest absolute Gasteiger partial charge is 0.265 e. The standard InChI is InChI=1S/C52H72O20S8/c1-5-9-29-33-21-35(47(55)41(45(33)53)25-73-13-17-77(61,62)63)30(10-6-2)37-23-39(51(59)43(49(37)57)27-75-15-19-79(67,68)69)32(12-8-4)40-24-38(50(58)44(52(40)60)28-76-16-20-80(70,71)72)31(11-7-3)36-22-34(29)46(54)42(48(36)56)26-74-14-18-78(64,65)66/h21-24,29-32,53-60H,5-20,25-28H2,1-4H3,(H,61,62,63)(H,64,65,66)(H,67,68,69)(H,70,71,72). The van der Waals surface area contributed by atoms with Gasteiger partial charge in [-0.15, -0.1) is 0 Å². The predicted molar refractivity (Wildman–Crippen MR) is 316 cm³/mol. The molecule has 0 saturated carbocycles. The molecule has 0 saturated heterocycles. The van der Waals surface area contributed by atoms with E-state index in [9.17, 15) is 92.7 Å². The summed E-state index contributed by atoms with van der Waals surface area (Å²) in [4.78, 5) is 0. The van der Waals surface area contributed by atoms with Gasteiger partial charge in [-0.25, -0.2) is 0 Å². The van der Waals surface area contributed by atoms with Gasteiger partial charge in [-0.05, 0) is 49.9 Å². The van der Waals surface area contributed by atoms with E-state index in [4.69, 9.17) is 0 Å². The van der Waals surface area contributed by atoms with Crippen LogP contribution in [-0.2, 0) is 63.5 Å². The summed E-state index contributed by atoms with van der Waals surface area (Å²) in [7, 11) is -17.8. The third-order valence-electron chi connectivity index (χ3n) is 14.0. The van der Waals surface area contributed by atoms with Crippen molar-refractivity contribution in [2.24, 2.45) is 0 Å². The maximum absolute atomic E-state index is 12.6. The van der Waals surface area contributed by atoms with E-state index in [0.29, 0.717) is 25.7 Å². The molecule has 0 fully saturated rings. The number of hydrogen-bond acceptors (Lipinski definition) is 20. The summed E-state index contributed by atoms with van der Waals surface area (Å²) < 4.78 is 133. The Morgan fingerprint density at radius 3 is 0.588 bits per heavy atom. The minimum atomic E-state index is -4.44. The second-order valence-electron chi connectivity index (χ2n) is 19.6. The van der Waals surface area contributed by atoms with E-state index in [0.717, 1.165) is 47.0 Å². The van der Waals surface area contributed by atoms with E-state index in [1.807, 2.05) is 27.7 Å². The Labute approximate surface area is 485 Å². The summed E-state index contributed by atoms with van der Waals surface area (Å²) in [5.74, 6) is -12.2. The van der Waals surface area contributed by atoms with Crippen molar-refractivity contribution >= 4 is 87.5 Å². The van der Waals surface area contributed by atoms with Crippen LogP contribution in [0.2, 0.25) is 0 Å². The molecule has 8 bridgehead atoms. The van der Waals surface area contributed by atoms with Crippen LogP contribution in [0.5, 0.6) is 46.0 Å². The molecule has 0 heterocycles. The number of aromatic hydroxyl groups is 8. The number of thioether (sulfide) groups is 4. The first-order chi connectivity index (χ1) is 37.4. The van der Waals surface area contributed by atoms with Crippen LogP contribution in [0.3, 0.4) is 0 Å². The van der Waals surface area contributed by atoms with Crippen molar-refractivity contribution in [3.63, 3.8) is 0 Å². The Morgan fingerprint density at radius 1 is 0.312 bits per heavy atom. The molecule has 20 nitrogen and oxygen atoms in total. The van der Waals surface area contributed by atoms with Gasteiger partial charge in [-0.1, -0.05) is 53.4 Å². The van der Waals surface area contributed by atoms with Crippen LogP contribution in [0.15, 0.2) is 24.3 Å². The van der Waals surface area contributed by atoms with Gasteiger partial charge in [0.25, 0.3) is 40.5 Å². The monoisotopic (exact) mass is 1270 g/mol. The topological polar surface area (TPSA) is 379 Å². The average molecular weight is 1270 g/mol. The van der Waals surface area contributed by atoms with Crippen molar-refractivity contribution in [2.75, 3.05) is 46.0 Å². The number of rotatable bonds is 28. The van der Waals surface area contributed by atoms with Crippen molar-refractivity contribution < 1.29 is 92.7 Å². The molecule has 0 atom stereocenters. The van der Waals surface area contributed by atoms with Crippen LogP contribution in [0.1, 0.15) is 169 Å². The Kier molecular flexibility index (Phi) is 24.1. The van der Waals surface area contributed by atoms with Gasteiger partial charge in [0.1, 0.15) is 46.0 Å². The van der Waals surface area contributed by atoms with Crippen LogP contribution < -0.4 is 0 Å². The molecule has 4 aromatic carbocycles. The highest BCUT2D eigenvalue weighted by Gasteiger charge is 2.37. The van der Waals surface area contributed by atoms with Gasteiger partial charge in [-0.3, -0.25) is 18.2 Å². The van der Waals surface area contributed by atoms with Gasteiger partial charge in [0, 0.05) is 136 Å². The third kappa shape index (κ3) is 17.2. The fourth-order valence-corrected chi connectivity index (χ4v) is 17.9. The second kappa shape index (κ2) is 28.7. The van der Waals surface area contributed by atoms with Gasteiger partial charge in [-0.2, -0.15) is 80.7 Å². The van der Waals surface area contributed by atoms with Crippen molar-refractivity contribution in [3.05, 3.63) is 91.0 Å². The van der Waals surface area contributed by atoms with Gasteiger partial charge < -0.3 is 40.9 Å². The van der Waals surface area contributed by atoms with Gasteiger partial charge >= 0.3 is 0 Å². The van der Waals surface area contributed by atoms with Crippen LogP contribution in [0.25, 0.3) is 0 Å². The van der Waals surface area contributed by atoms with Gasteiger partial charge in [0.2, 0.25) is 0 Å². The quantitative estimate of drug-likeness (QED) is 0.0186. The molecule has 448 valence electrons. The largest absolute Gasteiger partial charge is 0.507 e. The van der Waals surface area contributed by atoms with Crippen LogP contribution in [-0.4, -0.2) is 139 Å². The second-order valence-corrected chi connectivity index (χ2v) is 30.4. The Morgan fingerprint density at radius 2 is 0.463 bits per heavy atom. The summed E-state index contributed by atoms with van der Waals surface area (Å²) in [5, 5.41) is 101. The zero-order valence-electron chi connectivity index (χ0n) is 44.7. The molecule has 0 unspecified atom stereocenters.